The third-order valence-electron chi connectivity index (χ3n) is 7.87. The standard InChI is InChI=1S/C31H34N4O7S2/c1-4-34-23-20-21(44(39,40)41)14-15-24(23)43-28(34)12-8-11-25-31(2,3)22-10-9-19-33(30(22)32-25)18-7-5-6-13-29(38)42-35-26(36)16-17-27(35)37/h8-12,14-15,19-20H,4-7,13,16-18H2,1-3H3/p+1. The quantitative estimate of drug-likeness (QED) is 0.159. The first-order valence-electron chi connectivity index (χ1n) is 14.5. The summed E-state index contributed by atoms with van der Waals surface area (Å²) in [5.41, 5.74) is 2.46. The molecular weight excluding hydrogens is 604 g/mol. The molecule has 4 heterocycles. The second-order valence-corrected chi connectivity index (χ2v) is 13.7. The highest BCUT2D eigenvalue weighted by molar-refractivity contribution is 8.03. The molecule has 2 amide bonds. The minimum atomic E-state index is -4.29. The lowest BCUT2D eigenvalue weighted by atomic mass is 9.82. The van der Waals surface area contributed by atoms with Crippen LogP contribution in [0.25, 0.3) is 0 Å². The van der Waals surface area contributed by atoms with Gasteiger partial charge in [0.2, 0.25) is 0 Å². The van der Waals surface area contributed by atoms with Crippen LogP contribution in [0.1, 0.15) is 64.9 Å². The number of fused-ring (bicyclic) bond motifs is 2. The van der Waals surface area contributed by atoms with Gasteiger partial charge in [0.05, 0.1) is 39.3 Å². The summed E-state index contributed by atoms with van der Waals surface area (Å²) in [4.78, 5) is 48.0. The van der Waals surface area contributed by atoms with Crippen LogP contribution < -0.4 is 9.47 Å². The number of hydrogen-bond donors (Lipinski definition) is 1. The molecule has 1 fully saturated rings. The first-order valence-corrected chi connectivity index (χ1v) is 16.8. The van der Waals surface area contributed by atoms with Crippen molar-refractivity contribution in [2.24, 2.45) is 4.99 Å². The predicted octanol–water partition coefficient (Wildman–Crippen LogP) is 4.78. The van der Waals surface area contributed by atoms with Gasteiger partial charge in [0, 0.05) is 30.7 Å². The number of hydroxylamine groups is 2. The number of anilines is 1. The molecule has 13 heteroatoms. The highest BCUT2D eigenvalue weighted by atomic mass is 32.2. The molecule has 1 aromatic carbocycles. The molecule has 3 aliphatic heterocycles. The van der Waals surface area contributed by atoms with Gasteiger partial charge in [-0.05, 0) is 87.5 Å². The fourth-order valence-corrected chi connectivity index (χ4v) is 7.04. The number of thioether (sulfide) groups is 1. The number of carbonyl (C=O) groups excluding carboxylic acids is 3. The number of allylic oxidation sites excluding steroid dienone is 3. The van der Waals surface area contributed by atoms with E-state index in [1.54, 1.807) is 6.07 Å². The molecular formula is C31H35N4O7S2+. The average Bonchev–Trinajstić information content (AvgIpc) is 3.58. The van der Waals surface area contributed by atoms with Crippen molar-refractivity contribution in [1.82, 2.24) is 5.06 Å². The van der Waals surface area contributed by atoms with Crippen molar-refractivity contribution in [2.45, 2.75) is 81.0 Å². The van der Waals surface area contributed by atoms with Crippen LogP contribution in [0.4, 0.5) is 11.5 Å². The monoisotopic (exact) mass is 639 g/mol. The van der Waals surface area contributed by atoms with Crippen molar-refractivity contribution in [3.63, 3.8) is 0 Å². The van der Waals surface area contributed by atoms with Gasteiger partial charge in [0.1, 0.15) is 0 Å². The Labute approximate surface area is 261 Å². The van der Waals surface area contributed by atoms with E-state index in [0.717, 1.165) is 45.5 Å². The lowest BCUT2D eigenvalue weighted by Crippen LogP contribution is -2.35. The fraction of sp³-hybridized carbons (Fsp3) is 0.387. The van der Waals surface area contributed by atoms with Crippen LogP contribution in [0.15, 0.2) is 74.6 Å². The summed E-state index contributed by atoms with van der Waals surface area (Å²) in [6.45, 7) is 7.60. The molecule has 11 nitrogen and oxygen atoms in total. The van der Waals surface area contributed by atoms with Crippen molar-refractivity contribution in [1.29, 1.82) is 0 Å². The highest BCUT2D eigenvalue weighted by Gasteiger charge is 2.42. The number of hydrogen-bond acceptors (Lipinski definition) is 9. The van der Waals surface area contributed by atoms with E-state index in [1.807, 2.05) is 42.3 Å². The van der Waals surface area contributed by atoms with Crippen LogP contribution in [0.5, 0.6) is 0 Å². The molecule has 0 atom stereocenters. The van der Waals surface area contributed by atoms with Gasteiger partial charge in [-0.15, -0.1) is 5.06 Å². The van der Waals surface area contributed by atoms with Crippen LogP contribution >= 0.6 is 11.8 Å². The van der Waals surface area contributed by atoms with E-state index < -0.39 is 27.9 Å². The first-order chi connectivity index (χ1) is 20.9. The van der Waals surface area contributed by atoms with Gasteiger partial charge in [-0.3, -0.25) is 14.1 Å². The number of nitrogens with zero attached hydrogens (tertiary/aromatic N) is 4. The summed E-state index contributed by atoms with van der Waals surface area (Å²) in [5, 5.41) is 1.53. The molecule has 0 spiro atoms. The van der Waals surface area contributed by atoms with Crippen molar-refractivity contribution < 1.29 is 36.8 Å². The zero-order valence-corrected chi connectivity index (χ0v) is 26.5. The van der Waals surface area contributed by atoms with Crippen LogP contribution in [0, 0.1) is 0 Å². The number of rotatable bonds is 11. The first kappa shape index (κ1) is 31.6. The Hall–Kier alpha value is -3.81. The van der Waals surface area contributed by atoms with E-state index in [1.165, 1.54) is 23.9 Å². The zero-order chi connectivity index (χ0) is 31.6. The number of amides is 2. The van der Waals surface area contributed by atoms with Crippen LogP contribution in [0.3, 0.4) is 0 Å². The number of carbonyl (C=O) groups is 3. The van der Waals surface area contributed by atoms with Gasteiger partial charge in [0.25, 0.3) is 21.9 Å². The maximum absolute atomic E-state index is 12.1. The lowest BCUT2D eigenvalue weighted by Gasteiger charge is -2.18. The molecule has 1 N–H and O–H groups in total. The topological polar surface area (TPSA) is 138 Å². The third kappa shape index (κ3) is 6.49. The number of pyridine rings is 1. The molecule has 3 aliphatic rings. The zero-order valence-electron chi connectivity index (χ0n) is 24.9. The van der Waals surface area contributed by atoms with Crippen LogP contribution in [0.2, 0.25) is 0 Å². The minimum Gasteiger partial charge on any atom is -0.335 e. The summed E-state index contributed by atoms with van der Waals surface area (Å²) >= 11 is 1.54. The summed E-state index contributed by atoms with van der Waals surface area (Å²) in [7, 11) is -4.29. The molecule has 232 valence electrons. The van der Waals surface area contributed by atoms with Gasteiger partial charge in [0.15, 0.2) is 5.71 Å². The second kappa shape index (κ2) is 12.7. The molecule has 1 aromatic heterocycles. The van der Waals surface area contributed by atoms with E-state index >= 15 is 0 Å². The molecule has 0 aliphatic carbocycles. The number of benzene rings is 1. The molecule has 0 bridgehead atoms. The summed E-state index contributed by atoms with van der Waals surface area (Å²) in [5.74, 6) is -0.639. The predicted molar refractivity (Wildman–Crippen MR) is 165 cm³/mol. The molecule has 1 saturated heterocycles. The number of aryl methyl sites for hydroxylation is 1. The molecule has 0 unspecified atom stereocenters. The number of imide groups is 1. The maximum atomic E-state index is 12.1. The molecule has 0 saturated carbocycles. The molecule has 0 radical (unpaired) electrons. The maximum Gasteiger partial charge on any atom is 0.333 e. The van der Waals surface area contributed by atoms with E-state index in [-0.39, 0.29) is 29.6 Å². The van der Waals surface area contributed by atoms with Crippen molar-refractivity contribution in [3.8, 4) is 0 Å². The lowest BCUT2D eigenvalue weighted by molar-refractivity contribution is -0.684. The number of aromatic nitrogens is 1. The number of unbranched alkanes of at least 4 members (excludes halogenated alkanes) is 2. The van der Waals surface area contributed by atoms with Gasteiger partial charge in [-0.2, -0.15) is 8.42 Å². The summed E-state index contributed by atoms with van der Waals surface area (Å²) in [6, 6.07) is 8.71. The SMILES string of the molecule is CCN1/C(=C/C=C/C2=Nc3c(ccc[n+]3CCCCCC(=O)ON3C(=O)CCC3=O)C2(C)C)Sc2ccc(S(=O)(=O)O)cc21. The highest BCUT2D eigenvalue weighted by Crippen LogP contribution is 2.46. The Morgan fingerprint density at radius 1 is 1.16 bits per heavy atom. The Kier molecular flexibility index (Phi) is 9.10. The van der Waals surface area contributed by atoms with Crippen molar-refractivity contribution in [3.05, 3.63) is 65.3 Å². The van der Waals surface area contributed by atoms with Gasteiger partial charge < -0.3 is 9.74 Å². The third-order valence-corrected chi connectivity index (χ3v) is 9.85. The van der Waals surface area contributed by atoms with Crippen LogP contribution in [-0.4, -0.2) is 48.1 Å². The van der Waals surface area contributed by atoms with Crippen molar-refractivity contribution in [2.75, 3.05) is 11.4 Å². The van der Waals surface area contributed by atoms with Gasteiger partial charge in [-0.25, -0.2) is 9.36 Å². The van der Waals surface area contributed by atoms with Gasteiger partial charge in [-0.1, -0.05) is 17.8 Å². The normalized spacial score (nSPS) is 18.4. The van der Waals surface area contributed by atoms with Crippen LogP contribution in [-0.2, 0) is 41.3 Å². The van der Waals surface area contributed by atoms with E-state index in [4.69, 9.17) is 9.83 Å². The van der Waals surface area contributed by atoms with Crippen molar-refractivity contribution >= 4 is 56.9 Å². The Morgan fingerprint density at radius 3 is 2.61 bits per heavy atom. The summed E-state index contributed by atoms with van der Waals surface area (Å²) < 4.78 is 34.9. The fourth-order valence-electron chi connectivity index (χ4n) is 5.42. The second-order valence-electron chi connectivity index (χ2n) is 11.2. The Balaban J connectivity index is 1.21. The van der Waals surface area contributed by atoms with E-state index in [2.05, 4.69) is 24.5 Å². The molecule has 5 rings (SSSR count). The van der Waals surface area contributed by atoms with E-state index in [0.29, 0.717) is 24.6 Å². The minimum absolute atomic E-state index is 0.0767. The Bertz CT molecular complexity index is 1700. The number of aliphatic imine (C=N–C) groups is 1. The Morgan fingerprint density at radius 2 is 1.91 bits per heavy atom. The van der Waals surface area contributed by atoms with Gasteiger partial charge >= 0.3 is 11.8 Å². The smallest absolute Gasteiger partial charge is 0.333 e. The average molecular weight is 640 g/mol. The largest absolute Gasteiger partial charge is 0.335 e. The molecule has 44 heavy (non-hydrogen) atoms. The van der Waals surface area contributed by atoms with E-state index in [9.17, 15) is 27.4 Å². The summed E-state index contributed by atoms with van der Waals surface area (Å²) in [6.07, 6.45) is 10.4. The molecule has 2 aromatic rings.